The summed E-state index contributed by atoms with van der Waals surface area (Å²) in [5.74, 6) is 1.04. The third-order valence-corrected chi connectivity index (χ3v) is 7.50. The highest BCUT2D eigenvalue weighted by Gasteiger charge is 2.34. The summed E-state index contributed by atoms with van der Waals surface area (Å²) >= 11 is 0. The van der Waals surface area contributed by atoms with E-state index >= 15 is 0 Å². The van der Waals surface area contributed by atoms with Crippen molar-refractivity contribution < 1.29 is 22.7 Å². The van der Waals surface area contributed by atoms with Gasteiger partial charge in [0, 0.05) is 38.9 Å². The summed E-state index contributed by atoms with van der Waals surface area (Å²) in [5, 5.41) is -0.401. The molecule has 0 saturated carbocycles. The van der Waals surface area contributed by atoms with E-state index in [1.807, 2.05) is 37.2 Å². The highest BCUT2D eigenvalue weighted by Crippen LogP contribution is 2.31. The number of ether oxygens (including phenoxy) is 2. The maximum Gasteiger partial charge on any atom is 0.410 e. The van der Waals surface area contributed by atoms with Gasteiger partial charge in [0.05, 0.1) is 11.8 Å². The quantitative estimate of drug-likeness (QED) is 0.631. The topological polar surface area (TPSA) is 120 Å². The molecule has 182 valence electrons. The highest BCUT2D eigenvalue weighted by atomic mass is 32.2. The SMILES string of the molecule is CCn1c(N2CCC(S(C)(=O)=O)C2)nc2c(OC3CCN(C(=O)OC(C)(C)C)C3)ncnc21. The van der Waals surface area contributed by atoms with Crippen LogP contribution in [0.4, 0.5) is 10.7 Å². The van der Waals surface area contributed by atoms with Crippen LogP contribution in [0.1, 0.15) is 40.5 Å². The Morgan fingerprint density at radius 2 is 1.94 bits per heavy atom. The second-order valence-corrected chi connectivity index (χ2v) is 12.0. The van der Waals surface area contributed by atoms with E-state index in [4.69, 9.17) is 14.5 Å². The lowest BCUT2D eigenvalue weighted by Gasteiger charge is -2.24. The largest absolute Gasteiger partial charge is 0.471 e. The lowest BCUT2D eigenvalue weighted by molar-refractivity contribution is 0.0275. The van der Waals surface area contributed by atoms with E-state index in [2.05, 4.69) is 9.97 Å². The van der Waals surface area contributed by atoms with Crippen molar-refractivity contribution in [2.24, 2.45) is 0 Å². The van der Waals surface area contributed by atoms with Gasteiger partial charge < -0.3 is 19.3 Å². The first kappa shape index (κ1) is 23.5. The number of sulfone groups is 1. The van der Waals surface area contributed by atoms with Crippen LogP contribution >= 0.6 is 0 Å². The molecule has 0 aliphatic carbocycles. The van der Waals surface area contributed by atoms with E-state index in [9.17, 15) is 13.2 Å². The van der Waals surface area contributed by atoms with Crippen LogP contribution < -0.4 is 9.64 Å². The fourth-order valence-electron chi connectivity index (χ4n) is 4.26. The third kappa shape index (κ3) is 4.99. The van der Waals surface area contributed by atoms with Crippen LogP contribution in [0.5, 0.6) is 5.88 Å². The number of imidazole rings is 1. The summed E-state index contributed by atoms with van der Waals surface area (Å²) in [6.45, 7) is 10.1. The first-order valence-electron chi connectivity index (χ1n) is 11.3. The van der Waals surface area contributed by atoms with Crippen LogP contribution in [0.15, 0.2) is 6.33 Å². The van der Waals surface area contributed by atoms with Gasteiger partial charge in [-0.15, -0.1) is 0 Å². The Bertz CT molecular complexity index is 1140. The first-order valence-corrected chi connectivity index (χ1v) is 13.2. The van der Waals surface area contributed by atoms with E-state index < -0.39 is 20.7 Å². The van der Waals surface area contributed by atoms with Gasteiger partial charge in [-0.25, -0.2) is 23.2 Å². The number of rotatable bonds is 5. The van der Waals surface area contributed by atoms with E-state index in [0.29, 0.717) is 68.6 Å². The molecular formula is C21H32N6O5S. The molecule has 11 nitrogen and oxygen atoms in total. The van der Waals surface area contributed by atoms with Gasteiger partial charge in [-0.3, -0.25) is 4.57 Å². The number of aryl methyl sites for hydroxylation is 1. The molecule has 0 spiro atoms. The molecule has 4 rings (SSSR count). The fraction of sp³-hybridized carbons (Fsp3) is 0.714. The van der Waals surface area contributed by atoms with Crippen LogP contribution in [-0.4, -0.2) is 88.3 Å². The second kappa shape index (κ2) is 8.62. The summed E-state index contributed by atoms with van der Waals surface area (Å²) in [6.07, 6.45) is 3.38. The molecule has 2 atom stereocenters. The van der Waals surface area contributed by atoms with Crippen LogP contribution in [0.25, 0.3) is 11.2 Å². The maximum atomic E-state index is 12.4. The number of amides is 1. The molecule has 0 N–H and O–H groups in total. The Kier molecular flexibility index (Phi) is 6.14. The van der Waals surface area contributed by atoms with Crippen molar-refractivity contribution in [2.45, 2.75) is 64.0 Å². The summed E-state index contributed by atoms with van der Waals surface area (Å²) in [6, 6.07) is 0. The van der Waals surface area contributed by atoms with Crippen LogP contribution in [0.2, 0.25) is 0 Å². The number of anilines is 1. The molecule has 2 aromatic heterocycles. The van der Waals surface area contributed by atoms with Gasteiger partial charge in [-0.2, -0.15) is 4.98 Å². The van der Waals surface area contributed by atoms with Gasteiger partial charge in [-0.1, -0.05) is 0 Å². The van der Waals surface area contributed by atoms with Crippen molar-refractivity contribution in [1.82, 2.24) is 24.4 Å². The summed E-state index contributed by atoms with van der Waals surface area (Å²) < 4.78 is 37.6. The molecule has 0 radical (unpaired) electrons. The zero-order valence-corrected chi connectivity index (χ0v) is 20.6. The lowest BCUT2D eigenvalue weighted by atomic mass is 10.2. The fourth-order valence-corrected chi connectivity index (χ4v) is 5.24. The van der Waals surface area contributed by atoms with Crippen molar-refractivity contribution in [3.05, 3.63) is 6.33 Å². The van der Waals surface area contributed by atoms with Gasteiger partial charge in [0.15, 0.2) is 21.0 Å². The standard InChI is InChI=1S/C21H32N6O5S/c1-6-27-17-16(24-19(27)25-10-8-15(12-25)33(5,29)30)18(23-13-22-17)31-14-7-9-26(11-14)20(28)32-21(2,3)4/h13-15H,6-12H2,1-5H3. The molecule has 1 amide bonds. The van der Waals surface area contributed by atoms with Crippen molar-refractivity contribution in [3.63, 3.8) is 0 Å². The zero-order chi connectivity index (χ0) is 24.0. The predicted molar refractivity (Wildman–Crippen MR) is 123 cm³/mol. The second-order valence-electron chi connectivity index (χ2n) is 9.65. The minimum Gasteiger partial charge on any atom is -0.471 e. The van der Waals surface area contributed by atoms with Crippen molar-refractivity contribution >= 4 is 33.0 Å². The maximum absolute atomic E-state index is 12.4. The molecule has 2 aliphatic heterocycles. The average Bonchev–Trinajstić information content (AvgIpc) is 3.44. The number of fused-ring (bicyclic) bond motifs is 1. The Morgan fingerprint density at radius 3 is 2.58 bits per heavy atom. The van der Waals surface area contributed by atoms with Crippen LogP contribution in [-0.2, 0) is 21.1 Å². The molecule has 2 unspecified atom stereocenters. The molecule has 2 aliphatic rings. The minimum atomic E-state index is -3.11. The van der Waals surface area contributed by atoms with Crippen molar-refractivity contribution in [3.8, 4) is 5.88 Å². The normalized spacial score (nSPS) is 21.7. The van der Waals surface area contributed by atoms with E-state index in [-0.39, 0.29) is 12.2 Å². The summed E-state index contributed by atoms with van der Waals surface area (Å²) in [4.78, 5) is 29.5. The molecule has 2 aromatic rings. The monoisotopic (exact) mass is 480 g/mol. The highest BCUT2D eigenvalue weighted by molar-refractivity contribution is 7.91. The average molecular weight is 481 g/mol. The number of likely N-dealkylation sites (tertiary alicyclic amines) is 1. The molecule has 4 heterocycles. The minimum absolute atomic E-state index is 0.229. The lowest BCUT2D eigenvalue weighted by Crippen LogP contribution is -2.36. The van der Waals surface area contributed by atoms with Gasteiger partial charge in [0.1, 0.15) is 18.0 Å². The Balaban J connectivity index is 1.54. The Labute approximate surface area is 194 Å². The van der Waals surface area contributed by atoms with Gasteiger partial charge in [0.2, 0.25) is 11.8 Å². The molecule has 2 saturated heterocycles. The number of carbonyl (C=O) groups is 1. The van der Waals surface area contributed by atoms with Gasteiger partial charge in [0.25, 0.3) is 0 Å². The number of hydrogen-bond acceptors (Lipinski definition) is 9. The number of hydrogen-bond donors (Lipinski definition) is 0. The summed E-state index contributed by atoms with van der Waals surface area (Å²) in [5.41, 5.74) is 0.624. The van der Waals surface area contributed by atoms with Gasteiger partial charge in [-0.05, 0) is 34.1 Å². The van der Waals surface area contributed by atoms with Crippen molar-refractivity contribution in [2.75, 3.05) is 37.3 Å². The molecular weight excluding hydrogens is 448 g/mol. The van der Waals surface area contributed by atoms with Crippen molar-refractivity contribution in [1.29, 1.82) is 0 Å². The number of carbonyl (C=O) groups excluding carboxylic acids is 1. The molecule has 2 fully saturated rings. The summed E-state index contributed by atoms with van der Waals surface area (Å²) in [7, 11) is -3.11. The Hall–Kier alpha value is -2.63. The molecule has 12 heteroatoms. The Morgan fingerprint density at radius 1 is 1.18 bits per heavy atom. The van der Waals surface area contributed by atoms with E-state index in [0.717, 1.165) is 0 Å². The number of nitrogens with zero attached hydrogens (tertiary/aromatic N) is 6. The molecule has 33 heavy (non-hydrogen) atoms. The van der Waals surface area contributed by atoms with Gasteiger partial charge >= 0.3 is 6.09 Å². The van der Waals surface area contributed by atoms with E-state index in [1.54, 1.807) is 4.90 Å². The van der Waals surface area contributed by atoms with Crippen LogP contribution in [0, 0.1) is 0 Å². The van der Waals surface area contributed by atoms with Crippen LogP contribution in [0.3, 0.4) is 0 Å². The smallest absolute Gasteiger partial charge is 0.410 e. The predicted octanol–water partition coefficient (Wildman–Crippen LogP) is 1.86. The molecule has 0 aromatic carbocycles. The number of aromatic nitrogens is 4. The third-order valence-electron chi connectivity index (χ3n) is 5.90. The van der Waals surface area contributed by atoms with E-state index in [1.165, 1.54) is 12.6 Å². The first-order chi connectivity index (χ1) is 15.5. The zero-order valence-electron chi connectivity index (χ0n) is 19.8. The molecule has 0 bridgehead atoms.